The predicted octanol–water partition coefficient (Wildman–Crippen LogP) is 4.63. The summed E-state index contributed by atoms with van der Waals surface area (Å²) >= 11 is 11.7. The smallest absolute Gasteiger partial charge is 0.256 e. The lowest BCUT2D eigenvalue weighted by Crippen LogP contribution is -2.03. The molecule has 0 atom stereocenters. The van der Waals surface area contributed by atoms with Crippen LogP contribution < -0.4 is 10.1 Å². The molecule has 1 aliphatic heterocycles. The molecule has 3 nitrogen and oxygen atoms in total. The van der Waals surface area contributed by atoms with Crippen LogP contribution in [0.3, 0.4) is 0 Å². The number of hydrogen-bond donors (Lipinski definition) is 1. The summed E-state index contributed by atoms with van der Waals surface area (Å²) in [5, 5.41) is 3.22. The van der Waals surface area contributed by atoms with Crippen LogP contribution in [0.15, 0.2) is 30.3 Å². The molecule has 2 aromatic rings. The molecule has 1 aliphatic rings. The van der Waals surface area contributed by atoms with Crippen LogP contribution in [0.1, 0.15) is 11.1 Å². The van der Waals surface area contributed by atoms with E-state index >= 15 is 0 Å². The van der Waals surface area contributed by atoms with Crippen LogP contribution in [0.2, 0.25) is 10.0 Å². The van der Waals surface area contributed by atoms with Crippen molar-refractivity contribution in [2.75, 3.05) is 12.4 Å². The second kappa shape index (κ2) is 5.63. The highest BCUT2D eigenvalue weighted by Gasteiger charge is 2.24. The van der Waals surface area contributed by atoms with Gasteiger partial charge in [-0.25, -0.2) is 4.39 Å². The number of halogens is 3. The van der Waals surface area contributed by atoms with Gasteiger partial charge in [0.05, 0.1) is 17.8 Å². The Labute approximate surface area is 136 Å². The molecule has 0 saturated carbocycles. The molecule has 0 aliphatic carbocycles. The van der Waals surface area contributed by atoms with E-state index in [-0.39, 0.29) is 10.9 Å². The Hall–Kier alpha value is -2.04. The molecule has 0 fully saturated rings. The summed E-state index contributed by atoms with van der Waals surface area (Å²) in [6.45, 7) is 0. The van der Waals surface area contributed by atoms with Gasteiger partial charge in [0.2, 0.25) is 0 Å². The molecule has 0 aromatic heterocycles. The number of nitrogens with one attached hydrogen (secondary N) is 1. The Morgan fingerprint density at radius 1 is 1.23 bits per heavy atom. The van der Waals surface area contributed by atoms with Crippen LogP contribution in [0, 0.1) is 5.82 Å². The molecule has 3 rings (SSSR count). The van der Waals surface area contributed by atoms with Crippen LogP contribution in [0.25, 0.3) is 11.6 Å². The van der Waals surface area contributed by atoms with E-state index in [1.54, 1.807) is 24.3 Å². The van der Waals surface area contributed by atoms with Gasteiger partial charge in [-0.15, -0.1) is 0 Å². The molecule has 1 heterocycles. The number of rotatable bonds is 2. The lowest BCUT2D eigenvalue weighted by atomic mass is 10.0. The molecule has 1 N–H and O–H groups in total. The van der Waals surface area contributed by atoms with Crippen molar-refractivity contribution in [2.45, 2.75) is 0 Å². The number of fused-ring (bicyclic) bond motifs is 1. The van der Waals surface area contributed by atoms with Gasteiger partial charge in [0.15, 0.2) is 0 Å². The van der Waals surface area contributed by atoms with E-state index in [0.717, 1.165) is 5.56 Å². The van der Waals surface area contributed by atoms with Gasteiger partial charge in [0, 0.05) is 27.8 Å². The first-order chi connectivity index (χ1) is 10.5. The quantitative estimate of drug-likeness (QED) is 0.811. The van der Waals surface area contributed by atoms with Crippen molar-refractivity contribution >= 4 is 46.4 Å². The normalized spacial score (nSPS) is 14.9. The van der Waals surface area contributed by atoms with Crippen molar-refractivity contribution in [3.8, 4) is 5.75 Å². The molecule has 22 heavy (non-hydrogen) atoms. The molecule has 0 saturated heterocycles. The minimum atomic E-state index is -0.580. The second-order valence-electron chi connectivity index (χ2n) is 4.71. The highest BCUT2D eigenvalue weighted by Crippen LogP contribution is 2.37. The first-order valence-electron chi connectivity index (χ1n) is 6.35. The largest absolute Gasteiger partial charge is 0.496 e. The zero-order valence-electron chi connectivity index (χ0n) is 11.4. The van der Waals surface area contributed by atoms with Crippen molar-refractivity contribution in [2.24, 2.45) is 0 Å². The summed E-state index contributed by atoms with van der Waals surface area (Å²) in [7, 11) is 1.42. The minimum Gasteiger partial charge on any atom is -0.496 e. The summed E-state index contributed by atoms with van der Waals surface area (Å²) in [6.07, 6.45) is 1.61. The number of hydrogen-bond acceptors (Lipinski definition) is 2. The zero-order valence-corrected chi connectivity index (χ0v) is 12.9. The number of anilines is 1. The maximum atomic E-state index is 13.5. The number of carbonyl (C=O) groups is 1. The maximum Gasteiger partial charge on any atom is 0.256 e. The molecular weight excluding hydrogens is 328 g/mol. The first-order valence-corrected chi connectivity index (χ1v) is 7.11. The Morgan fingerprint density at radius 3 is 2.73 bits per heavy atom. The molecule has 0 unspecified atom stereocenters. The zero-order chi connectivity index (χ0) is 15.9. The molecular formula is C16H10Cl2FNO2. The van der Waals surface area contributed by atoms with E-state index in [1.807, 2.05) is 0 Å². The second-order valence-corrected chi connectivity index (χ2v) is 5.55. The van der Waals surface area contributed by atoms with Gasteiger partial charge >= 0.3 is 0 Å². The van der Waals surface area contributed by atoms with Gasteiger partial charge in [-0.3, -0.25) is 4.79 Å². The standard InChI is InChI=1S/C16H10Cl2FNO2/c1-22-15-7-13(19)12(18)5-8(15)4-11-10-3-2-9(17)6-14(10)20-16(11)21/h2-7H,1H3,(H,20,21)/b11-4-. The van der Waals surface area contributed by atoms with Crippen molar-refractivity contribution in [3.05, 3.63) is 57.3 Å². The minimum absolute atomic E-state index is 0.0395. The van der Waals surface area contributed by atoms with Gasteiger partial charge in [0.25, 0.3) is 5.91 Å². The highest BCUT2D eigenvalue weighted by molar-refractivity contribution is 6.37. The van der Waals surface area contributed by atoms with Gasteiger partial charge in [0.1, 0.15) is 11.6 Å². The van der Waals surface area contributed by atoms with Gasteiger partial charge in [-0.2, -0.15) is 0 Å². The van der Waals surface area contributed by atoms with Gasteiger partial charge in [-0.05, 0) is 24.3 Å². The van der Waals surface area contributed by atoms with E-state index in [0.29, 0.717) is 27.6 Å². The predicted molar refractivity (Wildman–Crippen MR) is 85.9 cm³/mol. The van der Waals surface area contributed by atoms with Crippen molar-refractivity contribution < 1.29 is 13.9 Å². The summed E-state index contributed by atoms with van der Waals surface area (Å²) < 4.78 is 18.6. The van der Waals surface area contributed by atoms with Crippen LogP contribution in [0.5, 0.6) is 5.75 Å². The Bertz CT molecular complexity index is 818. The molecule has 112 valence electrons. The summed E-state index contributed by atoms with van der Waals surface area (Å²) in [4.78, 5) is 12.1. The van der Waals surface area contributed by atoms with Crippen molar-refractivity contribution in [3.63, 3.8) is 0 Å². The average Bonchev–Trinajstić information content (AvgIpc) is 2.77. The topological polar surface area (TPSA) is 38.3 Å². The van der Waals surface area contributed by atoms with E-state index in [2.05, 4.69) is 5.32 Å². The SMILES string of the molecule is COc1cc(F)c(Cl)cc1/C=C1\C(=O)Nc2cc(Cl)ccc21. The fourth-order valence-electron chi connectivity index (χ4n) is 2.30. The van der Waals surface area contributed by atoms with E-state index in [9.17, 15) is 9.18 Å². The lowest BCUT2D eigenvalue weighted by molar-refractivity contribution is -0.110. The van der Waals surface area contributed by atoms with Gasteiger partial charge in [-0.1, -0.05) is 29.3 Å². The van der Waals surface area contributed by atoms with Crippen LogP contribution in [-0.4, -0.2) is 13.0 Å². The molecule has 2 aromatic carbocycles. The fourth-order valence-corrected chi connectivity index (χ4v) is 2.64. The lowest BCUT2D eigenvalue weighted by Gasteiger charge is -2.07. The number of benzene rings is 2. The third kappa shape index (κ3) is 2.56. The molecule has 0 radical (unpaired) electrons. The van der Waals surface area contributed by atoms with Gasteiger partial charge < -0.3 is 10.1 Å². The maximum absolute atomic E-state index is 13.5. The average molecular weight is 338 g/mol. The van der Waals surface area contributed by atoms with Crippen LogP contribution >= 0.6 is 23.2 Å². The third-order valence-electron chi connectivity index (χ3n) is 3.34. The number of methoxy groups -OCH3 is 1. The summed E-state index contributed by atoms with van der Waals surface area (Å²) in [5.74, 6) is -0.548. The number of ether oxygens (including phenoxy) is 1. The Balaban J connectivity index is 2.14. The summed E-state index contributed by atoms with van der Waals surface area (Å²) in [5.41, 5.74) is 2.31. The highest BCUT2D eigenvalue weighted by atomic mass is 35.5. The molecule has 0 spiro atoms. The number of carbonyl (C=O) groups excluding carboxylic acids is 1. The Kier molecular flexibility index (Phi) is 3.81. The molecule has 0 bridgehead atoms. The molecule has 1 amide bonds. The van der Waals surface area contributed by atoms with E-state index < -0.39 is 5.82 Å². The van der Waals surface area contributed by atoms with E-state index in [4.69, 9.17) is 27.9 Å². The van der Waals surface area contributed by atoms with Crippen molar-refractivity contribution in [1.82, 2.24) is 0 Å². The summed E-state index contributed by atoms with van der Waals surface area (Å²) in [6, 6.07) is 7.72. The Morgan fingerprint density at radius 2 is 2.00 bits per heavy atom. The van der Waals surface area contributed by atoms with Crippen LogP contribution in [0.4, 0.5) is 10.1 Å². The third-order valence-corrected chi connectivity index (χ3v) is 3.86. The number of amides is 1. The van der Waals surface area contributed by atoms with E-state index in [1.165, 1.54) is 19.2 Å². The first kappa shape index (κ1) is 14.9. The van der Waals surface area contributed by atoms with Crippen LogP contribution in [-0.2, 0) is 4.79 Å². The van der Waals surface area contributed by atoms with Crippen molar-refractivity contribution in [1.29, 1.82) is 0 Å². The monoisotopic (exact) mass is 337 g/mol. The fraction of sp³-hybridized carbons (Fsp3) is 0.0625. The molecule has 6 heteroatoms.